The van der Waals surface area contributed by atoms with Crippen LogP contribution in [0.15, 0.2) is 24.3 Å². The fourth-order valence-corrected chi connectivity index (χ4v) is 2.33. The van der Waals surface area contributed by atoms with Crippen LogP contribution in [0.1, 0.15) is 39.2 Å². The lowest BCUT2D eigenvalue weighted by molar-refractivity contribution is -0.123. The van der Waals surface area contributed by atoms with Crippen LogP contribution in [-0.2, 0) is 10.2 Å². The molecule has 4 nitrogen and oxygen atoms in total. The Kier molecular flexibility index (Phi) is 4.88. The molecular weight excluding hydrogens is 264 g/mol. The minimum Gasteiger partial charge on any atom is -0.483 e. The molecule has 1 saturated carbocycles. The van der Waals surface area contributed by atoms with Gasteiger partial charge in [0.05, 0.1) is 0 Å². The van der Waals surface area contributed by atoms with Crippen LogP contribution in [-0.4, -0.2) is 25.1 Å². The number of carbonyl (C=O) groups excluding carboxylic acids is 1. The highest BCUT2D eigenvalue weighted by Gasteiger charge is 2.28. The van der Waals surface area contributed by atoms with Gasteiger partial charge in [-0.1, -0.05) is 39.0 Å². The molecule has 1 aliphatic carbocycles. The highest BCUT2D eigenvalue weighted by Crippen LogP contribution is 2.31. The average Bonchev–Trinajstić information content (AvgIpc) is 3.26. The lowest BCUT2D eigenvalue weighted by Crippen LogP contribution is -2.40. The van der Waals surface area contributed by atoms with E-state index in [4.69, 9.17) is 10.5 Å². The van der Waals surface area contributed by atoms with E-state index in [1.54, 1.807) is 0 Å². The van der Waals surface area contributed by atoms with Gasteiger partial charge in [0.25, 0.3) is 5.91 Å². The van der Waals surface area contributed by atoms with E-state index in [-0.39, 0.29) is 24.0 Å². The summed E-state index contributed by atoms with van der Waals surface area (Å²) in [6.07, 6.45) is 2.37. The van der Waals surface area contributed by atoms with Crippen molar-refractivity contribution in [3.05, 3.63) is 29.8 Å². The fourth-order valence-electron chi connectivity index (χ4n) is 2.33. The lowest BCUT2D eigenvalue weighted by Gasteiger charge is -2.22. The van der Waals surface area contributed by atoms with Crippen LogP contribution in [0.5, 0.6) is 5.75 Å². The molecule has 2 rings (SSSR count). The van der Waals surface area contributed by atoms with Gasteiger partial charge in [-0.3, -0.25) is 4.79 Å². The molecule has 3 N–H and O–H groups in total. The Morgan fingerprint density at radius 1 is 1.38 bits per heavy atom. The van der Waals surface area contributed by atoms with Crippen LogP contribution in [0.2, 0.25) is 0 Å². The van der Waals surface area contributed by atoms with Gasteiger partial charge < -0.3 is 15.8 Å². The number of para-hydroxylation sites is 1. The van der Waals surface area contributed by atoms with Crippen molar-refractivity contribution in [2.24, 2.45) is 11.7 Å². The number of nitrogens with two attached hydrogens (primary N) is 1. The minimum absolute atomic E-state index is 0.0125. The van der Waals surface area contributed by atoms with E-state index in [2.05, 4.69) is 26.1 Å². The summed E-state index contributed by atoms with van der Waals surface area (Å²) in [5, 5.41) is 2.84. The van der Waals surface area contributed by atoms with E-state index in [0.29, 0.717) is 12.5 Å². The van der Waals surface area contributed by atoms with Gasteiger partial charge in [0.2, 0.25) is 0 Å². The van der Waals surface area contributed by atoms with Gasteiger partial charge in [0.1, 0.15) is 5.75 Å². The van der Waals surface area contributed by atoms with E-state index >= 15 is 0 Å². The van der Waals surface area contributed by atoms with Crippen molar-refractivity contribution in [3.63, 3.8) is 0 Å². The van der Waals surface area contributed by atoms with Gasteiger partial charge in [-0.25, -0.2) is 0 Å². The van der Waals surface area contributed by atoms with Crippen molar-refractivity contribution >= 4 is 5.91 Å². The van der Waals surface area contributed by atoms with Gasteiger partial charge in [0.15, 0.2) is 6.61 Å². The third-order valence-corrected chi connectivity index (χ3v) is 3.82. The molecular formula is C17H26N2O2. The summed E-state index contributed by atoms with van der Waals surface area (Å²) in [7, 11) is 0. The third-order valence-electron chi connectivity index (χ3n) is 3.82. The first kappa shape index (κ1) is 15.8. The topological polar surface area (TPSA) is 64.3 Å². The number of ether oxygens (including phenoxy) is 1. The molecule has 0 aliphatic heterocycles. The number of benzene rings is 1. The van der Waals surface area contributed by atoms with Crippen molar-refractivity contribution in [1.29, 1.82) is 0 Å². The first-order valence-corrected chi connectivity index (χ1v) is 7.62. The third kappa shape index (κ3) is 4.74. The molecule has 1 atom stereocenters. The zero-order valence-electron chi connectivity index (χ0n) is 13.2. The Morgan fingerprint density at radius 3 is 2.67 bits per heavy atom. The van der Waals surface area contributed by atoms with Crippen LogP contribution < -0.4 is 15.8 Å². The number of hydrogen-bond donors (Lipinski definition) is 2. The minimum atomic E-state index is -0.116. The number of carbonyl (C=O) groups is 1. The second-order valence-corrected chi connectivity index (χ2v) is 6.84. The second-order valence-electron chi connectivity index (χ2n) is 6.84. The monoisotopic (exact) mass is 290 g/mol. The fraction of sp³-hybridized carbons (Fsp3) is 0.588. The summed E-state index contributed by atoms with van der Waals surface area (Å²) in [5.74, 6) is 1.24. The maximum atomic E-state index is 11.8. The summed E-state index contributed by atoms with van der Waals surface area (Å²) in [6.45, 7) is 6.95. The van der Waals surface area contributed by atoms with Gasteiger partial charge in [-0.15, -0.1) is 0 Å². The van der Waals surface area contributed by atoms with E-state index in [1.807, 2.05) is 24.3 Å². The highest BCUT2D eigenvalue weighted by atomic mass is 16.5. The molecule has 0 bridgehead atoms. The normalized spacial score (nSPS) is 16.4. The van der Waals surface area contributed by atoms with Crippen molar-refractivity contribution < 1.29 is 9.53 Å². The summed E-state index contributed by atoms with van der Waals surface area (Å²) >= 11 is 0. The SMILES string of the molecule is CC(C)(C)c1ccccc1OCC(=O)NCC(N)C1CC1. The quantitative estimate of drug-likeness (QED) is 0.844. The molecule has 0 saturated heterocycles. The van der Waals surface area contributed by atoms with Crippen molar-refractivity contribution in [2.75, 3.05) is 13.2 Å². The molecule has 1 fully saturated rings. The molecule has 0 heterocycles. The molecule has 1 aromatic rings. The number of amides is 1. The molecule has 0 radical (unpaired) electrons. The zero-order valence-corrected chi connectivity index (χ0v) is 13.2. The van der Waals surface area contributed by atoms with Crippen molar-refractivity contribution in [3.8, 4) is 5.75 Å². The molecule has 116 valence electrons. The summed E-state index contributed by atoms with van der Waals surface area (Å²) in [6, 6.07) is 7.93. The van der Waals surface area contributed by atoms with Crippen LogP contribution in [0.4, 0.5) is 0 Å². The largest absolute Gasteiger partial charge is 0.483 e. The van der Waals surface area contributed by atoms with Crippen LogP contribution in [0.3, 0.4) is 0 Å². The molecule has 1 amide bonds. The van der Waals surface area contributed by atoms with E-state index < -0.39 is 0 Å². The Labute approximate surface area is 127 Å². The van der Waals surface area contributed by atoms with E-state index in [0.717, 1.165) is 11.3 Å². The van der Waals surface area contributed by atoms with Crippen molar-refractivity contribution in [2.45, 2.75) is 45.1 Å². The Balaban J connectivity index is 1.83. The predicted octanol–water partition coefficient (Wildman–Crippen LogP) is 2.22. The first-order chi connectivity index (χ1) is 9.88. The second kappa shape index (κ2) is 6.48. The number of rotatable bonds is 6. The molecule has 1 aliphatic rings. The molecule has 0 aromatic heterocycles. The molecule has 4 heteroatoms. The van der Waals surface area contributed by atoms with Crippen LogP contribution >= 0.6 is 0 Å². The maximum absolute atomic E-state index is 11.8. The molecule has 1 aromatic carbocycles. The predicted molar refractivity (Wildman–Crippen MR) is 84.3 cm³/mol. The van der Waals surface area contributed by atoms with Gasteiger partial charge in [-0.05, 0) is 35.8 Å². The van der Waals surface area contributed by atoms with E-state index in [1.165, 1.54) is 12.8 Å². The summed E-state index contributed by atoms with van der Waals surface area (Å²) in [5.41, 5.74) is 7.05. The molecule has 1 unspecified atom stereocenters. The summed E-state index contributed by atoms with van der Waals surface area (Å²) in [4.78, 5) is 11.8. The Morgan fingerprint density at radius 2 is 2.05 bits per heavy atom. The first-order valence-electron chi connectivity index (χ1n) is 7.62. The zero-order chi connectivity index (χ0) is 15.5. The lowest BCUT2D eigenvalue weighted by atomic mass is 9.86. The number of nitrogens with one attached hydrogen (secondary N) is 1. The Bertz CT molecular complexity index is 490. The maximum Gasteiger partial charge on any atom is 0.257 e. The standard InChI is InChI=1S/C17H26N2O2/c1-17(2,3)13-6-4-5-7-15(13)21-11-16(20)19-10-14(18)12-8-9-12/h4-7,12,14H,8-11,18H2,1-3H3,(H,19,20). The van der Waals surface area contributed by atoms with Gasteiger partial charge >= 0.3 is 0 Å². The van der Waals surface area contributed by atoms with E-state index in [9.17, 15) is 4.79 Å². The van der Waals surface area contributed by atoms with Crippen LogP contribution in [0.25, 0.3) is 0 Å². The average molecular weight is 290 g/mol. The smallest absolute Gasteiger partial charge is 0.257 e. The molecule has 0 spiro atoms. The highest BCUT2D eigenvalue weighted by molar-refractivity contribution is 5.77. The Hall–Kier alpha value is -1.55. The van der Waals surface area contributed by atoms with Gasteiger partial charge in [-0.2, -0.15) is 0 Å². The van der Waals surface area contributed by atoms with Crippen LogP contribution in [0, 0.1) is 5.92 Å². The molecule has 21 heavy (non-hydrogen) atoms. The number of hydrogen-bond acceptors (Lipinski definition) is 3. The summed E-state index contributed by atoms with van der Waals surface area (Å²) < 4.78 is 5.68. The van der Waals surface area contributed by atoms with Crippen molar-refractivity contribution in [1.82, 2.24) is 5.32 Å². The van der Waals surface area contributed by atoms with Gasteiger partial charge in [0, 0.05) is 12.6 Å².